The first kappa shape index (κ1) is 12.5. The molecule has 17 heavy (non-hydrogen) atoms. The van der Waals surface area contributed by atoms with Gasteiger partial charge in [-0.05, 0) is 13.0 Å². The molecule has 3 nitrogen and oxygen atoms in total. The molecule has 1 heterocycles. The molecule has 0 aliphatic carbocycles. The normalized spacial score (nSPS) is 26.1. The molecule has 1 fully saturated rings. The predicted molar refractivity (Wildman–Crippen MR) is 63.2 cm³/mol. The van der Waals surface area contributed by atoms with Crippen LogP contribution >= 0.6 is 0 Å². The summed E-state index contributed by atoms with van der Waals surface area (Å²) in [5, 5.41) is 13.2. The van der Waals surface area contributed by atoms with Crippen LogP contribution in [0.1, 0.15) is 24.9 Å². The molecule has 0 spiro atoms. The molecule has 94 valence electrons. The second-order valence-corrected chi connectivity index (χ2v) is 4.65. The number of hydrogen-bond acceptors (Lipinski definition) is 3. The molecule has 0 aromatic heterocycles. The summed E-state index contributed by atoms with van der Waals surface area (Å²) >= 11 is 0. The van der Waals surface area contributed by atoms with Crippen molar-refractivity contribution in [3.8, 4) is 0 Å². The molecule has 1 aliphatic heterocycles. The highest BCUT2D eigenvalue weighted by Crippen LogP contribution is 2.20. The number of hydrogen-bond donors (Lipinski definition) is 2. The summed E-state index contributed by atoms with van der Waals surface area (Å²) < 4.78 is 18.7. The molecule has 2 N–H and O–H groups in total. The van der Waals surface area contributed by atoms with Gasteiger partial charge in [0.2, 0.25) is 0 Å². The Kier molecular flexibility index (Phi) is 3.76. The largest absolute Gasteiger partial charge is 0.386 e. The first-order valence-electron chi connectivity index (χ1n) is 5.89. The zero-order valence-electron chi connectivity index (χ0n) is 9.95. The predicted octanol–water partition coefficient (Wildman–Crippen LogP) is 1.63. The van der Waals surface area contributed by atoms with Gasteiger partial charge in [0.25, 0.3) is 0 Å². The summed E-state index contributed by atoms with van der Waals surface area (Å²) in [4.78, 5) is 0. The molecule has 1 aromatic carbocycles. The van der Waals surface area contributed by atoms with Crippen molar-refractivity contribution < 1.29 is 14.2 Å². The monoisotopic (exact) mass is 239 g/mol. The number of halogens is 1. The van der Waals surface area contributed by atoms with E-state index in [1.807, 2.05) is 13.0 Å². The summed E-state index contributed by atoms with van der Waals surface area (Å²) in [5.41, 5.74) is -0.186. The van der Waals surface area contributed by atoms with E-state index in [0.717, 1.165) is 0 Å². The second-order valence-electron chi connectivity index (χ2n) is 4.65. The number of ether oxygens (including phenoxy) is 1. The highest BCUT2D eigenvalue weighted by atomic mass is 19.1. The number of rotatable bonds is 4. The molecule has 4 heteroatoms. The summed E-state index contributed by atoms with van der Waals surface area (Å²) in [6.45, 7) is 3.25. The highest BCUT2D eigenvalue weighted by molar-refractivity contribution is 5.20. The summed E-state index contributed by atoms with van der Waals surface area (Å²) in [7, 11) is 0. The maximum absolute atomic E-state index is 13.5. The standard InChI is InChI=1S/C13H18FNO2/c1-10(11-4-2-3-5-12(11)14)15-8-13(16)6-7-17-9-13/h2-5,10,15-16H,6-9H2,1H3/t10-,13-/m1/s1. The van der Waals surface area contributed by atoms with E-state index < -0.39 is 5.60 Å². The molecule has 0 amide bonds. The molecule has 1 aliphatic rings. The van der Waals surface area contributed by atoms with Crippen molar-refractivity contribution in [1.29, 1.82) is 0 Å². The SMILES string of the molecule is C[C@@H](NC[C@]1(O)CCOC1)c1ccccc1F. The molecule has 0 unspecified atom stereocenters. The minimum atomic E-state index is -0.806. The van der Waals surface area contributed by atoms with E-state index in [-0.39, 0.29) is 11.9 Å². The van der Waals surface area contributed by atoms with Gasteiger partial charge in [-0.3, -0.25) is 0 Å². The molecule has 1 aromatic rings. The van der Waals surface area contributed by atoms with Crippen molar-refractivity contribution in [3.63, 3.8) is 0 Å². The van der Waals surface area contributed by atoms with Gasteiger partial charge in [0.15, 0.2) is 0 Å². The van der Waals surface area contributed by atoms with Gasteiger partial charge in [-0.25, -0.2) is 4.39 Å². The molecule has 2 rings (SSSR count). The van der Waals surface area contributed by atoms with Crippen LogP contribution in [-0.2, 0) is 4.74 Å². The Morgan fingerprint density at radius 3 is 2.94 bits per heavy atom. The van der Waals surface area contributed by atoms with Gasteiger partial charge in [0.05, 0.1) is 6.61 Å². The third kappa shape index (κ3) is 3.03. The van der Waals surface area contributed by atoms with Gasteiger partial charge < -0.3 is 15.2 Å². The lowest BCUT2D eigenvalue weighted by molar-refractivity contribution is 0.0251. The van der Waals surface area contributed by atoms with Crippen molar-refractivity contribution in [3.05, 3.63) is 35.6 Å². The van der Waals surface area contributed by atoms with Gasteiger partial charge in [-0.2, -0.15) is 0 Å². The van der Waals surface area contributed by atoms with Crippen molar-refractivity contribution in [2.24, 2.45) is 0 Å². The Balaban J connectivity index is 1.93. The van der Waals surface area contributed by atoms with Crippen molar-refractivity contribution in [2.75, 3.05) is 19.8 Å². The Bertz CT molecular complexity index is 377. The summed E-state index contributed by atoms with van der Waals surface area (Å²) in [6, 6.07) is 6.55. The molecular weight excluding hydrogens is 221 g/mol. The molecule has 2 atom stereocenters. The van der Waals surface area contributed by atoms with Crippen LogP contribution in [0.2, 0.25) is 0 Å². The van der Waals surface area contributed by atoms with Gasteiger partial charge in [0.1, 0.15) is 11.4 Å². The van der Waals surface area contributed by atoms with Crippen molar-refractivity contribution in [1.82, 2.24) is 5.32 Å². The Labute approximate surface area is 101 Å². The third-order valence-corrected chi connectivity index (χ3v) is 3.19. The van der Waals surface area contributed by atoms with Crippen molar-refractivity contribution >= 4 is 0 Å². The average molecular weight is 239 g/mol. The lowest BCUT2D eigenvalue weighted by Crippen LogP contribution is -2.42. The van der Waals surface area contributed by atoms with Crippen molar-refractivity contribution in [2.45, 2.75) is 25.0 Å². The first-order chi connectivity index (χ1) is 8.11. The smallest absolute Gasteiger partial charge is 0.127 e. The van der Waals surface area contributed by atoms with Crippen LogP contribution in [0.25, 0.3) is 0 Å². The lowest BCUT2D eigenvalue weighted by atomic mass is 10.0. The first-order valence-corrected chi connectivity index (χ1v) is 5.89. The van der Waals surface area contributed by atoms with E-state index >= 15 is 0 Å². The van der Waals surface area contributed by atoms with E-state index in [9.17, 15) is 9.50 Å². The minimum absolute atomic E-state index is 0.124. The molecule has 1 saturated heterocycles. The van der Waals surface area contributed by atoms with Crippen LogP contribution in [0.5, 0.6) is 0 Å². The second kappa shape index (κ2) is 5.12. The fourth-order valence-electron chi connectivity index (χ4n) is 2.02. The van der Waals surface area contributed by atoms with Crippen LogP contribution in [0.15, 0.2) is 24.3 Å². The number of nitrogens with one attached hydrogen (secondary N) is 1. The Hall–Kier alpha value is -0.970. The van der Waals surface area contributed by atoms with Gasteiger partial charge in [-0.1, -0.05) is 18.2 Å². The van der Waals surface area contributed by atoms with Crippen LogP contribution in [0.4, 0.5) is 4.39 Å². The number of benzene rings is 1. The molecular formula is C13H18FNO2. The zero-order valence-corrected chi connectivity index (χ0v) is 9.95. The topological polar surface area (TPSA) is 41.5 Å². The fourth-order valence-corrected chi connectivity index (χ4v) is 2.02. The van der Waals surface area contributed by atoms with Crippen LogP contribution in [0, 0.1) is 5.82 Å². The van der Waals surface area contributed by atoms with E-state index in [1.54, 1.807) is 12.1 Å². The van der Waals surface area contributed by atoms with Gasteiger partial charge in [0, 0.05) is 31.2 Å². The summed E-state index contributed by atoms with van der Waals surface area (Å²) in [5.74, 6) is -0.220. The average Bonchev–Trinajstić information content (AvgIpc) is 2.74. The Morgan fingerprint density at radius 2 is 2.29 bits per heavy atom. The maximum atomic E-state index is 13.5. The lowest BCUT2D eigenvalue weighted by Gasteiger charge is -2.24. The van der Waals surface area contributed by atoms with E-state index in [1.165, 1.54) is 6.07 Å². The molecule has 0 saturated carbocycles. The van der Waals surface area contributed by atoms with E-state index in [4.69, 9.17) is 4.74 Å². The van der Waals surface area contributed by atoms with Crippen LogP contribution in [0.3, 0.4) is 0 Å². The van der Waals surface area contributed by atoms with Gasteiger partial charge in [-0.15, -0.1) is 0 Å². The quantitative estimate of drug-likeness (QED) is 0.839. The minimum Gasteiger partial charge on any atom is -0.386 e. The molecule has 0 bridgehead atoms. The third-order valence-electron chi connectivity index (χ3n) is 3.19. The van der Waals surface area contributed by atoms with Gasteiger partial charge >= 0.3 is 0 Å². The Morgan fingerprint density at radius 1 is 1.53 bits per heavy atom. The van der Waals surface area contributed by atoms with E-state index in [2.05, 4.69) is 5.32 Å². The molecule has 0 radical (unpaired) electrons. The zero-order chi connectivity index (χ0) is 12.3. The fraction of sp³-hybridized carbons (Fsp3) is 0.538. The summed E-state index contributed by atoms with van der Waals surface area (Å²) in [6.07, 6.45) is 0.629. The maximum Gasteiger partial charge on any atom is 0.127 e. The van der Waals surface area contributed by atoms with E-state index in [0.29, 0.717) is 31.7 Å². The van der Waals surface area contributed by atoms with Crippen LogP contribution in [-0.4, -0.2) is 30.5 Å². The van der Waals surface area contributed by atoms with Crippen LogP contribution < -0.4 is 5.32 Å². The highest BCUT2D eigenvalue weighted by Gasteiger charge is 2.32. The number of aliphatic hydroxyl groups is 1.